The minimum absolute atomic E-state index is 0.863. The highest BCUT2D eigenvalue weighted by atomic mass is 16.3. The lowest BCUT2D eigenvalue weighted by molar-refractivity contribution is 0.669. The first-order valence-electron chi connectivity index (χ1n) is 18.1. The zero-order chi connectivity index (χ0) is 34.9. The third kappa shape index (κ3) is 4.70. The molecule has 0 aliphatic carbocycles. The lowest BCUT2D eigenvalue weighted by Crippen LogP contribution is -1.93. The molecule has 0 atom stereocenters. The molecule has 0 saturated heterocycles. The Balaban J connectivity index is 1.15. The summed E-state index contributed by atoms with van der Waals surface area (Å²) in [5.41, 5.74) is 11.8. The van der Waals surface area contributed by atoms with E-state index in [1.807, 2.05) is 6.07 Å². The fourth-order valence-electron chi connectivity index (χ4n) is 8.44. The molecule has 0 saturated carbocycles. The predicted octanol–water partition coefficient (Wildman–Crippen LogP) is 14.3. The summed E-state index contributed by atoms with van der Waals surface area (Å²) in [6, 6.07) is 67.3. The first kappa shape index (κ1) is 29.7. The largest absolute Gasteiger partial charge is 0.456 e. The molecule has 0 amide bonds. The van der Waals surface area contributed by atoms with Crippen LogP contribution in [0.15, 0.2) is 192 Å². The molecule has 11 rings (SSSR count). The second-order valence-corrected chi connectivity index (χ2v) is 13.8. The van der Waals surface area contributed by atoms with Gasteiger partial charge in [0.15, 0.2) is 0 Å². The molecule has 2 heteroatoms. The van der Waals surface area contributed by atoms with Crippen LogP contribution in [0.3, 0.4) is 0 Å². The molecule has 0 fully saturated rings. The zero-order valence-electron chi connectivity index (χ0n) is 28.8. The summed E-state index contributed by atoms with van der Waals surface area (Å²) in [6.45, 7) is 0. The third-order valence-electron chi connectivity index (χ3n) is 10.8. The Morgan fingerprint density at radius 1 is 0.340 bits per heavy atom. The van der Waals surface area contributed by atoms with E-state index in [1.165, 1.54) is 43.6 Å². The Hall–Kier alpha value is -7.03. The Kier molecular flexibility index (Phi) is 6.59. The number of furan rings is 1. The van der Waals surface area contributed by atoms with Crippen LogP contribution < -0.4 is 0 Å². The molecule has 0 spiro atoms. The van der Waals surface area contributed by atoms with Gasteiger partial charge in [-0.3, -0.25) is 0 Å². The van der Waals surface area contributed by atoms with Gasteiger partial charge in [0.1, 0.15) is 11.2 Å². The molecule has 0 aliphatic heterocycles. The minimum Gasteiger partial charge on any atom is -0.456 e. The number of benzene rings is 9. The van der Waals surface area contributed by atoms with Gasteiger partial charge in [-0.1, -0.05) is 152 Å². The second-order valence-electron chi connectivity index (χ2n) is 13.8. The van der Waals surface area contributed by atoms with Crippen LogP contribution in [0.2, 0.25) is 0 Å². The van der Waals surface area contributed by atoms with Crippen LogP contribution in [0.1, 0.15) is 0 Å². The average Bonchev–Trinajstić information content (AvgIpc) is 3.61. The number of aromatic nitrogens is 1. The summed E-state index contributed by atoms with van der Waals surface area (Å²) in [5.74, 6) is 0. The minimum atomic E-state index is 0.863. The Morgan fingerprint density at radius 3 is 1.77 bits per heavy atom. The van der Waals surface area contributed by atoms with Crippen LogP contribution >= 0.6 is 0 Å². The fourth-order valence-corrected chi connectivity index (χ4v) is 8.44. The second kappa shape index (κ2) is 11.8. The first-order valence-corrected chi connectivity index (χ1v) is 18.1. The van der Waals surface area contributed by atoms with Gasteiger partial charge in [-0.15, -0.1) is 0 Å². The van der Waals surface area contributed by atoms with Crippen molar-refractivity contribution in [1.82, 2.24) is 4.98 Å². The monoisotopic (exact) mass is 673 g/mol. The molecule has 9 aromatic carbocycles. The van der Waals surface area contributed by atoms with Gasteiger partial charge in [0.05, 0.1) is 11.2 Å². The lowest BCUT2D eigenvalue weighted by Gasteiger charge is -2.16. The van der Waals surface area contributed by atoms with Crippen LogP contribution in [0.25, 0.3) is 110 Å². The number of hydrogen-bond acceptors (Lipinski definition) is 2. The van der Waals surface area contributed by atoms with E-state index in [4.69, 9.17) is 9.40 Å². The van der Waals surface area contributed by atoms with E-state index in [1.54, 1.807) is 0 Å². The topological polar surface area (TPSA) is 26.0 Å². The van der Waals surface area contributed by atoms with Crippen molar-refractivity contribution < 1.29 is 4.42 Å². The SMILES string of the molecule is c1ccc(-c2c3c(cc4c(-c5cccc(-c6cccc(-c7cc8ccccc8c8ccccc78)c6)c5)nc5ccccc5c24)oc2ccccc23)cc1. The summed E-state index contributed by atoms with van der Waals surface area (Å²) < 4.78 is 6.60. The molecule has 0 bridgehead atoms. The molecular formula is C51H31NO. The first-order chi connectivity index (χ1) is 26.3. The molecule has 2 nitrogen and oxygen atoms in total. The van der Waals surface area contributed by atoms with Crippen molar-refractivity contribution in [2.45, 2.75) is 0 Å². The Morgan fingerprint density at radius 2 is 0.943 bits per heavy atom. The number of nitrogens with zero attached hydrogens (tertiary/aromatic N) is 1. The van der Waals surface area contributed by atoms with Crippen molar-refractivity contribution in [1.29, 1.82) is 0 Å². The molecule has 0 aliphatic rings. The molecule has 2 heterocycles. The molecule has 246 valence electrons. The fraction of sp³-hybridized carbons (Fsp3) is 0. The van der Waals surface area contributed by atoms with Crippen LogP contribution in [0.4, 0.5) is 0 Å². The molecule has 0 unspecified atom stereocenters. The van der Waals surface area contributed by atoms with E-state index < -0.39 is 0 Å². The standard InChI is InChI=1S/C51H31NO/c1-2-14-32(15-3-1)48-49-41-24-8-10-26-45(41)52-51(44(49)31-47-50(48)42-25-9-11-27-46(42)53-47)37-20-13-18-34(29-37)33-17-12-19-35(28-33)43-30-36-16-4-5-21-38(36)39-22-6-7-23-40(39)43/h1-31H. The van der Waals surface area contributed by atoms with Crippen molar-refractivity contribution >= 4 is 65.2 Å². The molecule has 53 heavy (non-hydrogen) atoms. The summed E-state index contributed by atoms with van der Waals surface area (Å²) in [5, 5.41) is 10.7. The molecule has 0 radical (unpaired) electrons. The maximum atomic E-state index is 6.60. The quantitative estimate of drug-likeness (QED) is 0.174. The number of hydrogen-bond donors (Lipinski definition) is 0. The number of fused-ring (bicyclic) bond motifs is 9. The van der Waals surface area contributed by atoms with Crippen LogP contribution in [0.5, 0.6) is 0 Å². The molecule has 0 N–H and O–H groups in total. The van der Waals surface area contributed by atoms with E-state index in [0.29, 0.717) is 0 Å². The highest BCUT2D eigenvalue weighted by Crippen LogP contribution is 2.46. The van der Waals surface area contributed by atoms with Gasteiger partial charge in [0.2, 0.25) is 0 Å². The Bertz CT molecular complexity index is 3230. The molecular weight excluding hydrogens is 643 g/mol. The zero-order valence-corrected chi connectivity index (χ0v) is 28.8. The van der Waals surface area contributed by atoms with E-state index in [0.717, 1.165) is 66.2 Å². The van der Waals surface area contributed by atoms with Crippen LogP contribution in [-0.4, -0.2) is 4.98 Å². The van der Waals surface area contributed by atoms with Crippen molar-refractivity contribution in [2.24, 2.45) is 0 Å². The Labute approximate surface area is 306 Å². The highest BCUT2D eigenvalue weighted by molar-refractivity contribution is 6.27. The van der Waals surface area contributed by atoms with Crippen LogP contribution in [-0.2, 0) is 0 Å². The molecule has 11 aromatic rings. The molecule has 2 aromatic heterocycles. The summed E-state index contributed by atoms with van der Waals surface area (Å²) >= 11 is 0. The number of para-hydroxylation sites is 2. The van der Waals surface area contributed by atoms with Crippen molar-refractivity contribution in [3.63, 3.8) is 0 Å². The lowest BCUT2D eigenvalue weighted by atomic mass is 9.89. The van der Waals surface area contributed by atoms with Crippen molar-refractivity contribution in [2.75, 3.05) is 0 Å². The normalized spacial score (nSPS) is 11.8. The summed E-state index contributed by atoms with van der Waals surface area (Å²) in [7, 11) is 0. The van der Waals surface area contributed by atoms with E-state index in [2.05, 4.69) is 182 Å². The van der Waals surface area contributed by atoms with Gasteiger partial charge < -0.3 is 4.42 Å². The maximum absolute atomic E-state index is 6.60. The van der Waals surface area contributed by atoms with Gasteiger partial charge >= 0.3 is 0 Å². The maximum Gasteiger partial charge on any atom is 0.136 e. The smallest absolute Gasteiger partial charge is 0.136 e. The highest BCUT2D eigenvalue weighted by Gasteiger charge is 2.21. The average molecular weight is 674 g/mol. The predicted molar refractivity (Wildman–Crippen MR) is 223 cm³/mol. The summed E-state index contributed by atoms with van der Waals surface area (Å²) in [4.78, 5) is 5.39. The van der Waals surface area contributed by atoms with Gasteiger partial charge in [0.25, 0.3) is 0 Å². The van der Waals surface area contributed by atoms with E-state index in [-0.39, 0.29) is 0 Å². The van der Waals surface area contributed by atoms with Crippen molar-refractivity contribution in [3.8, 4) is 44.6 Å². The van der Waals surface area contributed by atoms with E-state index in [9.17, 15) is 0 Å². The van der Waals surface area contributed by atoms with Crippen LogP contribution in [0, 0.1) is 0 Å². The van der Waals surface area contributed by atoms with Gasteiger partial charge in [-0.25, -0.2) is 4.98 Å². The number of pyridine rings is 1. The van der Waals surface area contributed by atoms with Gasteiger partial charge in [-0.2, -0.15) is 0 Å². The van der Waals surface area contributed by atoms with E-state index >= 15 is 0 Å². The third-order valence-corrected chi connectivity index (χ3v) is 10.8. The van der Waals surface area contributed by atoms with Gasteiger partial charge in [-0.05, 0) is 85.8 Å². The summed E-state index contributed by atoms with van der Waals surface area (Å²) in [6.07, 6.45) is 0. The van der Waals surface area contributed by atoms with Gasteiger partial charge in [0, 0.05) is 38.1 Å². The number of rotatable bonds is 4. The van der Waals surface area contributed by atoms with Crippen molar-refractivity contribution in [3.05, 3.63) is 188 Å².